The highest BCUT2D eigenvalue weighted by Crippen LogP contribution is 2.05. The Kier molecular flexibility index (Phi) is 7.20. The molecule has 0 saturated heterocycles. The number of nitrogens with one attached hydrogen (secondary N) is 1. The van der Waals surface area contributed by atoms with Crippen molar-refractivity contribution < 1.29 is 4.74 Å². The van der Waals surface area contributed by atoms with Crippen LogP contribution in [-0.2, 0) is 4.74 Å². The summed E-state index contributed by atoms with van der Waals surface area (Å²) >= 11 is 0. The molecule has 16 heavy (non-hydrogen) atoms. The zero-order valence-corrected chi connectivity index (χ0v) is 12.1. The van der Waals surface area contributed by atoms with E-state index in [2.05, 4.69) is 51.9 Å². The number of nitrogens with zero attached hydrogens (tertiary/aromatic N) is 1. The molecule has 2 atom stereocenters. The first kappa shape index (κ1) is 15.9. The van der Waals surface area contributed by atoms with Crippen molar-refractivity contribution in [2.24, 2.45) is 5.92 Å². The molecule has 0 aliphatic carbocycles. The summed E-state index contributed by atoms with van der Waals surface area (Å²) in [5, 5.41) is 3.54. The van der Waals surface area contributed by atoms with Crippen LogP contribution in [0.1, 0.15) is 34.6 Å². The van der Waals surface area contributed by atoms with Gasteiger partial charge in [0.25, 0.3) is 0 Å². The minimum absolute atomic E-state index is 0.213. The van der Waals surface area contributed by atoms with Crippen LogP contribution in [0.25, 0.3) is 0 Å². The standard InChI is InChI=1S/C13H30N2O/c1-11(8-14-13(3,4)5)9-15(6)12(2)10-16-7/h11-12,14H,8-10H2,1-7H3. The molecule has 2 unspecified atom stereocenters. The predicted octanol–water partition coefficient (Wildman–Crippen LogP) is 1.98. The van der Waals surface area contributed by atoms with Gasteiger partial charge in [0.05, 0.1) is 6.61 Å². The van der Waals surface area contributed by atoms with Crippen LogP contribution in [0.4, 0.5) is 0 Å². The third-order valence-corrected chi connectivity index (χ3v) is 2.74. The number of hydrogen-bond donors (Lipinski definition) is 1. The second-order valence-electron chi connectivity index (χ2n) is 5.98. The molecule has 0 aromatic carbocycles. The van der Waals surface area contributed by atoms with Crippen molar-refractivity contribution in [1.29, 1.82) is 0 Å². The van der Waals surface area contributed by atoms with Crippen LogP contribution in [0.15, 0.2) is 0 Å². The van der Waals surface area contributed by atoms with Gasteiger partial charge in [-0.05, 0) is 47.2 Å². The lowest BCUT2D eigenvalue weighted by Gasteiger charge is -2.29. The second kappa shape index (κ2) is 7.25. The molecule has 0 radical (unpaired) electrons. The van der Waals surface area contributed by atoms with Gasteiger partial charge in [0.15, 0.2) is 0 Å². The summed E-state index contributed by atoms with van der Waals surface area (Å²) in [5.41, 5.74) is 0.213. The first-order valence-electron chi connectivity index (χ1n) is 6.20. The average molecular weight is 230 g/mol. The molecule has 0 spiro atoms. The number of ether oxygens (including phenoxy) is 1. The van der Waals surface area contributed by atoms with Crippen molar-refractivity contribution in [3.8, 4) is 0 Å². The molecule has 0 amide bonds. The Morgan fingerprint density at radius 3 is 2.25 bits per heavy atom. The van der Waals surface area contributed by atoms with E-state index >= 15 is 0 Å². The maximum atomic E-state index is 5.16. The van der Waals surface area contributed by atoms with Crippen LogP contribution in [0.3, 0.4) is 0 Å². The zero-order chi connectivity index (χ0) is 12.8. The van der Waals surface area contributed by atoms with E-state index in [1.54, 1.807) is 7.11 Å². The Balaban J connectivity index is 3.82. The first-order chi connectivity index (χ1) is 7.26. The van der Waals surface area contributed by atoms with E-state index in [-0.39, 0.29) is 5.54 Å². The van der Waals surface area contributed by atoms with Crippen LogP contribution in [-0.4, -0.2) is 50.3 Å². The molecule has 0 fully saturated rings. The van der Waals surface area contributed by atoms with Gasteiger partial charge in [-0.25, -0.2) is 0 Å². The molecule has 0 aromatic heterocycles. The summed E-state index contributed by atoms with van der Waals surface area (Å²) in [7, 11) is 3.92. The van der Waals surface area contributed by atoms with E-state index in [1.807, 2.05) is 0 Å². The Hall–Kier alpha value is -0.120. The third kappa shape index (κ3) is 8.08. The molecule has 1 N–H and O–H groups in total. The molecular weight excluding hydrogens is 200 g/mol. The van der Waals surface area contributed by atoms with Crippen molar-refractivity contribution in [3.63, 3.8) is 0 Å². The van der Waals surface area contributed by atoms with Gasteiger partial charge in [0.1, 0.15) is 0 Å². The van der Waals surface area contributed by atoms with E-state index < -0.39 is 0 Å². The minimum Gasteiger partial charge on any atom is -0.383 e. The summed E-state index contributed by atoms with van der Waals surface area (Å²) in [6.07, 6.45) is 0. The average Bonchev–Trinajstić information content (AvgIpc) is 2.14. The lowest BCUT2D eigenvalue weighted by Crippen LogP contribution is -2.43. The number of hydrogen-bond acceptors (Lipinski definition) is 3. The second-order valence-corrected chi connectivity index (χ2v) is 5.98. The SMILES string of the molecule is COCC(C)N(C)CC(C)CNC(C)(C)C. The summed E-state index contributed by atoms with van der Waals surface area (Å²) in [4.78, 5) is 2.36. The molecule has 0 bridgehead atoms. The van der Waals surface area contributed by atoms with Crippen LogP contribution >= 0.6 is 0 Å². The minimum atomic E-state index is 0.213. The highest BCUT2D eigenvalue weighted by molar-refractivity contribution is 4.74. The Morgan fingerprint density at radius 2 is 1.81 bits per heavy atom. The normalized spacial score (nSPS) is 16.5. The smallest absolute Gasteiger partial charge is 0.0615 e. The van der Waals surface area contributed by atoms with E-state index in [9.17, 15) is 0 Å². The molecule has 0 saturated carbocycles. The van der Waals surface area contributed by atoms with Gasteiger partial charge in [-0.15, -0.1) is 0 Å². The van der Waals surface area contributed by atoms with Crippen LogP contribution in [0.5, 0.6) is 0 Å². The monoisotopic (exact) mass is 230 g/mol. The molecular formula is C13H30N2O. The van der Waals surface area contributed by atoms with Gasteiger partial charge in [-0.3, -0.25) is 0 Å². The summed E-state index contributed by atoms with van der Waals surface area (Å²) in [6, 6.07) is 0.488. The fourth-order valence-corrected chi connectivity index (χ4v) is 1.58. The quantitative estimate of drug-likeness (QED) is 0.724. The number of methoxy groups -OCH3 is 1. The van der Waals surface area contributed by atoms with Crippen molar-refractivity contribution in [3.05, 3.63) is 0 Å². The fraction of sp³-hybridized carbons (Fsp3) is 1.00. The highest BCUT2D eigenvalue weighted by atomic mass is 16.5. The number of rotatable bonds is 7. The van der Waals surface area contributed by atoms with Crippen LogP contribution in [0.2, 0.25) is 0 Å². The molecule has 0 aliphatic heterocycles. The maximum absolute atomic E-state index is 5.16. The van der Waals surface area contributed by atoms with Gasteiger partial charge in [0, 0.05) is 25.2 Å². The molecule has 98 valence electrons. The first-order valence-corrected chi connectivity index (χ1v) is 6.20. The lowest BCUT2D eigenvalue weighted by atomic mass is 10.1. The molecule has 0 aromatic rings. The fourth-order valence-electron chi connectivity index (χ4n) is 1.58. The van der Waals surface area contributed by atoms with Gasteiger partial charge in [0.2, 0.25) is 0 Å². The van der Waals surface area contributed by atoms with E-state index in [4.69, 9.17) is 4.74 Å². The Morgan fingerprint density at radius 1 is 1.25 bits per heavy atom. The van der Waals surface area contributed by atoms with Gasteiger partial charge < -0.3 is 15.0 Å². The van der Waals surface area contributed by atoms with E-state index in [1.165, 1.54) is 0 Å². The molecule has 0 rings (SSSR count). The molecule has 0 heterocycles. The molecule has 3 heteroatoms. The van der Waals surface area contributed by atoms with Crippen LogP contribution in [0, 0.1) is 5.92 Å². The van der Waals surface area contributed by atoms with Gasteiger partial charge in [-0.2, -0.15) is 0 Å². The van der Waals surface area contributed by atoms with Crippen molar-refractivity contribution in [1.82, 2.24) is 10.2 Å². The largest absolute Gasteiger partial charge is 0.383 e. The van der Waals surface area contributed by atoms with Crippen molar-refractivity contribution in [2.75, 3.05) is 33.9 Å². The lowest BCUT2D eigenvalue weighted by molar-refractivity contribution is 0.106. The van der Waals surface area contributed by atoms with Crippen molar-refractivity contribution in [2.45, 2.75) is 46.2 Å². The Bertz CT molecular complexity index is 177. The third-order valence-electron chi connectivity index (χ3n) is 2.74. The topological polar surface area (TPSA) is 24.5 Å². The molecule has 3 nitrogen and oxygen atoms in total. The Labute approximate surface area is 102 Å². The van der Waals surface area contributed by atoms with Gasteiger partial charge >= 0.3 is 0 Å². The summed E-state index contributed by atoms with van der Waals surface area (Å²) in [5.74, 6) is 0.656. The van der Waals surface area contributed by atoms with E-state index in [0.29, 0.717) is 12.0 Å². The predicted molar refractivity (Wildman–Crippen MR) is 70.9 cm³/mol. The molecule has 0 aliphatic rings. The maximum Gasteiger partial charge on any atom is 0.0615 e. The van der Waals surface area contributed by atoms with Crippen LogP contribution < -0.4 is 5.32 Å². The summed E-state index contributed by atoms with van der Waals surface area (Å²) in [6.45, 7) is 14.1. The van der Waals surface area contributed by atoms with Gasteiger partial charge in [-0.1, -0.05) is 6.92 Å². The number of likely N-dealkylation sites (N-methyl/N-ethyl adjacent to an activating group) is 1. The highest BCUT2D eigenvalue weighted by Gasteiger charge is 2.15. The zero-order valence-electron chi connectivity index (χ0n) is 12.1. The van der Waals surface area contributed by atoms with E-state index in [0.717, 1.165) is 19.7 Å². The van der Waals surface area contributed by atoms with Crippen molar-refractivity contribution >= 4 is 0 Å². The summed E-state index contributed by atoms with van der Waals surface area (Å²) < 4.78 is 5.16.